The van der Waals surface area contributed by atoms with Crippen LogP contribution in [0.1, 0.15) is 15.9 Å². The molecule has 0 aliphatic rings. The van der Waals surface area contributed by atoms with E-state index in [0.717, 1.165) is 5.56 Å². The first kappa shape index (κ1) is 14.7. The molecule has 0 saturated carbocycles. The highest BCUT2D eigenvalue weighted by Crippen LogP contribution is 2.10. The number of nitrogens with two attached hydrogens (primary N) is 2. The van der Waals surface area contributed by atoms with Crippen molar-refractivity contribution >= 4 is 17.5 Å². The van der Waals surface area contributed by atoms with Crippen molar-refractivity contribution in [3.63, 3.8) is 0 Å². The maximum absolute atomic E-state index is 12.0. The van der Waals surface area contributed by atoms with E-state index in [1.165, 1.54) is 0 Å². The van der Waals surface area contributed by atoms with Crippen molar-refractivity contribution in [3.8, 4) is 0 Å². The predicted molar refractivity (Wildman–Crippen MR) is 81.7 cm³/mol. The van der Waals surface area contributed by atoms with Gasteiger partial charge in [-0.3, -0.25) is 9.59 Å². The van der Waals surface area contributed by atoms with Crippen molar-refractivity contribution in [2.45, 2.75) is 12.5 Å². The van der Waals surface area contributed by atoms with E-state index >= 15 is 0 Å². The highest BCUT2D eigenvalue weighted by Gasteiger charge is 2.14. The first-order valence-electron chi connectivity index (χ1n) is 6.56. The van der Waals surface area contributed by atoms with Crippen LogP contribution in [0.25, 0.3) is 0 Å². The van der Waals surface area contributed by atoms with Crippen molar-refractivity contribution in [2.24, 2.45) is 11.5 Å². The second-order valence-corrected chi connectivity index (χ2v) is 4.73. The van der Waals surface area contributed by atoms with Crippen LogP contribution in [0, 0.1) is 0 Å². The summed E-state index contributed by atoms with van der Waals surface area (Å²) in [6.45, 7) is 0. The zero-order chi connectivity index (χ0) is 15.2. The van der Waals surface area contributed by atoms with E-state index in [1.54, 1.807) is 24.3 Å². The average Bonchev–Trinajstić information content (AvgIpc) is 2.48. The van der Waals surface area contributed by atoms with Gasteiger partial charge in [-0.05, 0) is 36.2 Å². The summed E-state index contributed by atoms with van der Waals surface area (Å²) in [5, 5.41) is 2.71. The molecule has 0 bridgehead atoms. The van der Waals surface area contributed by atoms with Gasteiger partial charge in [0.15, 0.2) is 0 Å². The molecule has 1 atom stereocenters. The molecule has 0 fully saturated rings. The number of nitrogens with one attached hydrogen (secondary N) is 1. The first-order chi connectivity index (χ1) is 10.1. The van der Waals surface area contributed by atoms with Crippen LogP contribution >= 0.6 is 0 Å². The van der Waals surface area contributed by atoms with Crippen LogP contribution in [-0.4, -0.2) is 17.9 Å². The molecular formula is C16H17N3O2. The Morgan fingerprint density at radius 3 is 2.19 bits per heavy atom. The van der Waals surface area contributed by atoms with Gasteiger partial charge >= 0.3 is 0 Å². The molecule has 21 heavy (non-hydrogen) atoms. The standard InChI is InChI=1S/C16H17N3O2/c17-14(10-11-4-2-1-3-5-11)16(21)19-13-8-6-12(7-9-13)15(18)20/h1-9,14H,10,17H2,(H2,18,20)(H,19,21). The van der Waals surface area contributed by atoms with Crippen molar-refractivity contribution in [1.29, 1.82) is 0 Å². The SMILES string of the molecule is NC(=O)c1ccc(NC(=O)C(N)Cc2ccccc2)cc1. The fourth-order valence-corrected chi connectivity index (χ4v) is 1.91. The lowest BCUT2D eigenvalue weighted by Crippen LogP contribution is -2.37. The van der Waals surface area contributed by atoms with Crippen LogP contribution in [-0.2, 0) is 11.2 Å². The molecule has 0 aromatic heterocycles. The number of hydrogen-bond donors (Lipinski definition) is 3. The number of carbonyl (C=O) groups is 2. The van der Waals surface area contributed by atoms with Crippen molar-refractivity contribution in [1.82, 2.24) is 0 Å². The summed E-state index contributed by atoms with van der Waals surface area (Å²) in [5.74, 6) is -0.778. The number of benzene rings is 2. The Labute approximate surface area is 123 Å². The van der Waals surface area contributed by atoms with Gasteiger partial charge in [-0.15, -0.1) is 0 Å². The molecule has 0 aliphatic heterocycles. The van der Waals surface area contributed by atoms with Gasteiger partial charge in [-0.2, -0.15) is 0 Å². The molecular weight excluding hydrogens is 266 g/mol. The largest absolute Gasteiger partial charge is 0.366 e. The second kappa shape index (κ2) is 6.67. The summed E-state index contributed by atoms with van der Waals surface area (Å²) in [7, 11) is 0. The third kappa shape index (κ3) is 4.15. The molecule has 5 nitrogen and oxygen atoms in total. The zero-order valence-corrected chi connectivity index (χ0v) is 11.5. The number of rotatable bonds is 5. The van der Waals surface area contributed by atoms with Crippen LogP contribution in [0.15, 0.2) is 54.6 Å². The quantitative estimate of drug-likeness (QED) is 0.771. The van der Waals surface area contributed by atoms with Gasteiger partial charge in [0, 0.05) is 11.3 Å². The smallest absolute Gasteiger partial charge is 0.248 e. The number of primary amides is 1. The highest BCUT2D eigenvalue weighted by atomic mass is 16.2. The van der Waals surface area contributed by atoms with Crippen LogP contribution in [0.3, 0.4) is 0 Å². The Balaban J connectivity index is 1.95. The molecule has 0 radical (unpaired) electrons. The van der Waals surface area contributed by atoms with Gasteiger partial charge in [0.2, 0.25) is 11.8 Å². The molecule has 0 saturated heterocycles. The fourth-order valence-electron chi connectivity index (χ4n) is 1.91. The molecule has 2 amide bonds. The lowest BCUT2D eigenvalue weighted by atomic mass is 10.1. The number of anilines is 1. The molecule has 108 valence electrons. The van der Waals surface area contributed by atoms with E-state index < -0.39 is 11.9 Å². The first-order valence-corrected chi connectivity index (χ1v) is 6.56. The Bertz CT molecular complexity index is 624. The maximum Gasteiger partial charge on any atom is 0.248 e. The van der Waals surface area contributed by atoms with E-state index in [4.69, 9.17) is 11.5 Å². The number of amides is 2. The lowest BCUT2D eigenvalue weighted by molar-refractivity contribution is -0.117. The minimum Gasteiger partial charge on any atom is -0.366 e. The molecule has 2 aromatic carbocycles. The Morgan fingerprint density at radius 1 is 1.00 bits per heavy atom. The second-order valence-electron chi connectivity index (χ2n) is 4.73. The normalized spacial score (nSPS) is 11.7. The summed E-state index contributed by atoms with van der Waals surface area (Å²) in [6, 6.07) is 15.3. The zero-order valence-electron chi connectivity index (χ0n) is 11.5. The molecule has 0 heterocycles. The predicted octanol–water partition coefficient (Wildman–Crippen LogP) is 1.29. The van der Waals surface area contributed by atoms with Crippen molar-refractivity contribution in [2.75, 3.05) is 5.32 Å². The van der Waals surface area contributed by atoms with Gasteiger partial charge in [0.1, 0.15) is 0 Å². The number of hydrogen-bond acceptors (Lipinski definition) is 3. The van der Waals surface area contributed by atoms with Crippen molar-refractivity contribution in [3.05, 3.63) is 65.7 Å². The van der Waals surface area contributed by atoms with E-state index in [0.29, 0.717) is 17.7 Å². The van der Waals surface area contributed by atoms with Gasteiger partial charge in [0.05, 0.1) is 6.04 Å². The van der Waals surface area contributed by atoms with Crippen LogP contribution in [0.4, 0.5) is 5.69 Å². The van der Waals surface area contributed by atoms with E-state index in [9.17, 15) is 9.59 Å². The molecule has 0 aliphatic carbocycles. The molecule has 5 N–H and O–H groups in total. The Kier molecular flexibility index (Phi) is 4.68. The van der Waals surface area contributed by atoms with Crippen molar-refractivity contribution < 1.29 is 9.59 Å². The summed E-state index contributed by atoms with van der Waals surface area (Å²) >= 11 is 0. The summed E-state index contributed by atoms with van der Waals surface area (Å²) < 4.78 is 0. The minimum absolute atomic E-state index is 0.273. The topological polar surface area (TPSA) is 98.2 Å². The molecule has 0 spiro atoms. The van der Waals surface area contributed by atoms with Crippen LogP contribution < -0.4 is 16.8 Å². The Morgan fingerprint density at radius 2 is 1.62 bits per heavy atom. The van der Waals surface area contributed by atoms with E-state index in [1.807, 2.05) is 30.3 Å². The minimum atomic E-state index is -0.636. The summed E-state index contributed by atoms with van der Waals surface area (Å²) in [6.07, 6.45) is 0.464. The molecule has 2 aromatic rings. The molecule has 1 unspecified atom stereocenters. The third-order valence-electron chi connectivity index (χ3n) is 3.07. The van der Waals surface area contributed by atoms with E-state index in [2.05, 4.69) is 5.32 Å². The average molecular weight is 283 g/mol. The van der Waals surface area contributed by atoms with E-state index in [-0.39, 0.29) is 5.91 Å². The summed E-state index contributed by atoms with van der Waals surface area (Å²) in [4.78, 5) is 23.0. The fraction of sp³-hybridized carbons (Fsp3) is 0.125. The van der Waals surface area contributed by atoms with Gasteiger partial charge in [-0.25, -0.2) is 0 Å². The molecule has 5 heteroatoms. The van der Waals surface area contributed by atoms with Gasteiger partial charge in [0.25, 0.3) is 0 Å². The van der Waals surface area contributed by atoms with Crippen LogP contribution in [0.5, 0.6) is 0 Å². The summed E-state index contributed by atoms with van der Waals surface area (Å²) in [5.41, 5.74) is 13.0. The van der Waals surface area contributed by atoms with Gasteiger partial charge in [-0.1, -0.05) is 30.3 Å². The monoisotopic (exact) mass is 283 g/mol. The Hall–Kier alpha value is -2.66. The lowest BCUT2D eigenvalue weighted by Gasteiger charge is -2.12. The van der Waals surface area contributed by atoms with Gasteiger partial charge < -0.3 is 16.8 Å². The van der Waals surface area contributed by atoms with Crippen LogP contribution in [0.2, 0.25) is 0 Å². The maximum atomic E-state index is 12.0. The highest BCUT2D eigenvalue weighted by molar-refractivity contribution is 5.96. The molecule has 2 rings (SSSR count). The third-order valence-corrected chi connectivity index (χ3v) is 3.07. The number of carbonyl (C=O) groups excluding carboxylic acids is 2.